The van der Waals surface area contributed by atoms with Gasteiger partial charge >= 0.3 is 5.97 Å². The first-order chi connectivity index (χ1) is 9.56. The van der Waals surface area contributed by atoms with Gasteiger partial charge in [0, 0.05) is 32.1 Å². The van der Waals surface area contributed by atoms with Gasteiger partial charge in [-0.25, -0.2) is 4.79 Å². The van der Waals surface area contributed by atoms with Crippen LogP contribution in [0.5, 0.6) is 0 Å². The zero-order chi connectivity index (χ0) is 14.5. The maximum absolute atomic E-state index is 11.1. The molecule has 108 valence electrons. The highest BCUT2D eigenvalue weighted by molar-refractivity contribution is 5.82. The Morgan fingerprint density at radius 1 is 1.25 bits per heavy atom. The zero-order valence-electron chi connectivity index (χ0n) is 11.6. The summed E-state index contributed by atoms with van der Waals surface area (Å²) in [4.78, 5) is 24.4. The highest BCUT2D eigenvalue weighted by Crippen LogP contribution is 2.20. The minimum absolute atomic E-state index is 0.301. The third kappa shape index (κ3) is 3.73. The second-order valence-electron chi connectivity index (χ2n) is 5.16. The fourth-order valence-corrected chi connectivity index (χ4v) is 2.50. The molecule has 0 aliphatic carbocycles. The highest BCUT2D eigenvalue weighted by Gasteiger charge is 2.19. The van der Waals surface area contributed by atoms with Crippen molar-refractivity contribution >= 4 is 17.6 Å². The van der Waals surface area contributed by atoms with Crippen LogP contribution in [-0.2, 0) is 16.0 Å². The van der Waals surface area contributed by atoms with E-state index in [1.807, 2.05) is 24.3 Å². The van der Waals surface area contributed by atoms with Gasteiger partial charge in [0.1, 0.15) is 6.04 Å². The van der Waals surface area contributed by atoms with Crippen molar-refractivity contribution in [3.63, 3.8) is 0 Å². The van der Waals surface area contributed by atoms with Crippen molar-refractivity contribution in [2.24, 2.45) is 0 Å². The molecule has 1 amide bonds. The molecule has 0 aromatic heterocycles. The first-order valence-corrected chi connectivity index (χ1v) is 6.90. The van der Waals surface area contributed by atoms with E-state index in [0.717, 1.165) is 18.7 Å². The number of amides is 1. The lowest BCUT2D eigenvalue weighted by atomic mass is 10.1. The first-order valence-electron chi connectivity index (χ1n) is 6.90. The standard InChI is InChI=1S/C15H20N2O3/c1-11(18)16-14(15(19)20)10-12-4-6-13(7-5-12)17-8-2-3-9-17/h4-7,14H,2-3,8-10H2,1H3,(H,16,18)(H,19,20). The van der Waals surface area contributed by atoms with Gasteiger partial charge in [0.25, 0.3) is 0 Å². The van der Waals surface area contributed by atoms with Gasteiger partial charge in [0.15, 0.2) is 0 Å². The van der Waals surface area contributed by atoms with E-state index in [1.165, 1.54) is 25.5 Å². The Kier molecular flexibility index (Phi) is 4.61. The van der Waals surface area contributed by atoms with Crippen molar-refractivity contribution in [2.75, 3.05) is 18.0 Å². The molecule has 1 saturated heterocycles. The van der Waals surface area contributed by atoms with Crippen LogP contribution in [0.15, 0.2) is 24.3 Å². The molecule has 0 spiro atoms. The zero-order valence-corrected chi connectivity index (χ0v) is 11.6. The third-order valence-electron chi connectivity index (χ3n) is 3.52. The second kappa shape index (κ2) is 6.41. The van der Waals surface area contributed by atoms with E-state index in [1.54, 1.807) is 0 Å². The number of aliphatic carboxylic acids is 1. The number of nitrogens with one attached hydrogen (secondary N) is 1. The molecule has 2 rings (SSSR count). The van der Waals surface area contributed by atoms with Gasteiger partial charge in [0.2, 0.25) is 5.91 Å². The monoisotopic (exact) mass is 276 g/mol. The number of hydrogen-bond acceptors (Lipinski definition) is 3. The molecule has 0 saturated carbocycles. The van der Waals surface area contributed by atoms with Gasteiger partial charge in [-0.3, -0.25) is 4.79 Å². The number of carbonyl (C=O) groups excluding carboxylic acids is 1. The molecule has 1 fully saturated rings. The molecular weight excluding hydrogens is 256 g/mol. The number of carbonyl (C=O) groups is 2. The Bertz CT molecular complexity index is 478. The summed E-state index contributed by atoms with van der Waals surface area (Å²) in [5.41, 5.74) is 2.09. The quantitative estimate of drug-likeness (QED) is 0.853. The molecule has 20 heavy (non-hydrogen) atoms. The van der Waals surface area contributed by atoms with Crippen molar-refractivity contribution in [3.8, 4) is 0 Å². The van der Waals surface area contributed by atoms with Crippen molar-refractivity contribution in [2.45, 2.75) is 32.2 Å². The molecule has 5 heteroatoms. The van der Waals surface area contributed by atoms with Crippen LogP contribution in [0.2, 0.25) is 0 Å². The van der Waals surface area contributed by atoms with E-state index in [-0.39, 0.29) is 5.91 Å². The predicted molar refractivity (Wildman–Crippen MR) is 76.8 cm³/mol. The Morgan fingerprint density at radius 3 is 2.35 bits per heavy atom. The summed E-state index contributed by atoms with van der Waals surface area (Å²) in [6.07, 6.45) is 2.76. The van der Waals surface area contributed by atoms with Gasteiger partial charge in [-0.2, -0.15) is 0 Å². The smallest absolute Gasteiger partial charge is 0.326 e. The summed E-state index contributed by atoms with van der Waals surface area (Å²) in [5.74, 6) is -1.34. The van der Waals surface area contributed by atoms with E-state index >= 15 is 0 Å². The maximum Gasteiger partial charge on any atom is 0.326 e. The number of carboxylic acid groups (broad SMARTS) is 1. The second-order valence-corrected chi connectivity index (χ2v) is 5.16. The third-order valence-corrected chi connectivity index (χ3v) is 3.52. The minimum atomic E-state index is -1.01. The Labute approximate surface area is 118 Å². The SMILES string of the molecule is CC(=O)NC(Cc1ccc(N2CCCC2)cc1)C(=O)O. The van der Waals surface area contributed by atoms with Gasteiger partial charge in [-0.05, 0) is 30.5 Å². The molecule has 0 radical (unpaired) electrons. The topological polar surface area (TPSA) is 69.6 Å². The van der Waals surface area contributed by atoms with E-state index < -0.39 is 12.0 Å². The summed E-state index contributed by atoms with van der Waals surface area (Å²) in [7, 11) is 0. The molecule has 5 nitrogen and oxygen atoms in total. The molecule has 2 N–H and O–H groups in total. The first kappa shape index (κ1) is 14.4. The van der Waals surface area contributed by atoms with Crippen LogP contribution in [0.1, 0.15) is 25.3 Å². The van der Waals surface area contributed by atoms with Crippen LogP contribution in [0.25, 0.3) is 0 Å². The number of benzene rings is 1. The number of hydrogen-bond donors (Lipinski definition) is 2. The van der Waals surface area contributed by atoms with Crippen LogP contribution >= 0.6 is 0 Å². The predicted octanol–water partition coefficient (Wildman–Crippen LogP) is 1.42. The van der Waals surface area contributed by atoms with E-state index in [9.17, 15) is 9.59 Å². The highest BCUT2D eigenvalue weighted by atomic mass is 16.4. The average Bonchev–Trinajstić information content (AvgIpc) is 2.92. The summed E-state index contributed by atoms with van der Waals surface area (Å²) >= 11 is 0. The van der Waals surface area contributed by atoms with E-state index in [2.05, 4.69) is 10.2 Å². The van der Waals surface area contributed by atoms with Crippen LogP contribution in [-0.4, -0.2) is 36.1 Å². The van der Waals surface area contributed by atoms with Crippen molar-refractivity contribution in [1.82, 2.24) is 5.32 Å². The normalized spacial score (nSPS) is 15.9. The number of anilines is 1. The molecule has 1 atom stereocenters. The fraction of sp³-hybridized carbons (Fsp3) is 0.467. The fourth-order valence-electron chi connectivity index (χ4n) is 2.50. The van der Waals surface area contributed by atoms with Crippen molar-refractivity contribution in [3.05, 3.63) is 29.8 Å². The number of rotatable bonds is 5. The van der Waals surface area contributed by atoms with Gasteiger partial charge < -0.3 is 15.3 Å². The molecule has 1 unspecified atom stereocenters. The number of nitrogens with zero attached hydrogens (tertiary/aromatic N) is 1. The minimum Gasteiger partial charge on any atom is -0.480 e. The molecule has 0 bridgehead atoms. The molecule has 1 aliphatic rings. The van der Waals surface area contributed by atoms with Gasteiger partial charge in [-0.15, -0.1) is 0 Å². The molecule has 1 aromatic rings. The van der Waals surface area contributed by atoms with E-state index in [0.29, 0.717) is 6.42 Å². The number of carboxylic acids is 1. The Balaban J connectivity index is 2.01. The van der Waals surface area contributed by atoms with E-state index in [4.69, 9.17) is 5.11 Å². The molecular formula is C15H20N2O3. The Morgan fingerprint density at radius 2 is 1.85 bits per heavy atom. The maximum atomic E-state index is 11.1. The van der Waals surface area contributed by atoms with Crippen LogP contribution in [0.4, 0.5) is 5.69 Å². The summed E-state index contributed by atoms with van der Waals surface area (Å²) in [5, 5.41) is 11.5. The van der Waals surface area contributed by atoms with Gasteiger partial charge in [0.05, 0.1) is 0 Å². The lowest BCUT2D eigenvalue weighted by molar-refractivity contribution is -0.141. The van der Waals surface area contributed by atoms with Gasteiger partial charge in [-0.1, -0.05) is 12.1 Å². The van der Waals surface area contributed by atoms with Crippen molar-refractivity contribution < 1.29 is 14.7 Å². The molecule has 1 aromatic carbocycles. The Hall–Kier alpha value is -2.04. The molecule has 1 heterocycles. The molecule has 1 aliphatic heterocycles. The van der Waals surface area contributed by atoms with Crippen LogP contribution in [0.3, 0.4) is 0 Å². The van der Waals surface area contributed by atoms with Crippen LogP contribution in [0, 0.1) is 0 Å². The lowest BCUT2D eigenvalue weighted by Gasteiger charge is -2.18. The lowest BCUT2D eigenvalue weighted by Crippen LogP contribution is -2.41. The summed E-state index contributed by atoms with van der Waals surface area (Å²) < 4.78 is 0. The van der Waals surface area contributed by atoms with Crippen molar-refractivity contribution in [1.29, 1.82) is 0 Å². The van der Waals surface area contributed by atoms with Crippen LogP contribution < -0.4 is 10.2 Å². The summed E-state index contributed by atoms with van der Waals surface area (Å²) in [6, 6.07) is 7.04. The average molecular weight is 276 g/mol. The summed E-state index contributed by atoms with van der Waals surface area (Å²) in [6.45, 7) is 3.50. The largest absolute Gasteiger partial charge is 0.480 e.